The molecule has 4 N–H and O–H groups in total. The number of carbonyl (C=O) groups excluding carboxylic acids is 1. The van der Waals surface area contributed by atoms with Crippen LogP contribution in [-0.4, -0.2) is 40.1 Å². The van der Waals surface area contributed by atoms with E-state index in [2.05, 4.69) is 15.2 Å². The minimum absolute atomic E-state index is 0.134. The summed E-state index contributed by atoms with van der Waals surface area (Å²) < 4.78 is 0. The van der Waals surface area contributed by atoms with Crippen molar-refractivity contribution in [1.82, 2.24) is 15.3 Å². The molecule has 0 bridgehead atoms. The van der Waals surface area contributed by atoms with E-state index in [0.29, 0.717) is 6.54 Å². The highest BCUT2D eigenvalue weighted by Crippen LogP contribution is 2.20. The maximum absolute atomic E-state index is 12.2. The lowest BCUT2D eigenvalue weighted by atomic mass is 10.2. The second-order valence-electron chi connectivity index (χ2n) is 5.37. The third kappa shape index (κ3) is 3.10. The maximum atomic E-state index is 12.2. The molecule has 1 saturated heterocycles. The predicted molar refractivity (Wildman–Crippen MR) is 83.9 cm³/mol. The van der Waals surface area contributed by atoms with Gasteiger partial charge >= 0.3 is 5.69 Å². The van der Waals surface area contributed by atoms with Crippen molar-refractivity contribution < 1.29 is 9.90 Å². The van der Waals surface area contributed by atoms with Gasteiger partial charge in [-0.3, -0.25) is 19.6 Å². The van der Waals surface area contributed by atoms with Gasteiger partial charge in [-0.25, -0.2) is 4.79 Å². The molecule has 1 aliphatic rings. The van der Waals surface area contributed by atoms with Gasteiger partial charge in [-0.2, -0.15) is 0 Å². The lowest BCUT2D eigenvalue weighted by Gasteiger charge is -2.19. The molecule has 3 rings (SSSR count). The lowest BCUT2D eigenvalue weighted by molar-refractivity contribution is 0.0931. The van der Waals surface area contributed by atoms with Gasteiger partial charge in [-0.1, -0.05) is 18.2 Å². The topological polar surface area (TPSA) is 118 Å². The van der Waals surface area contributed by atoms with E-state index in [9.17, 15) is 19.5 Å². The van der Waals surface area contributed by atoms with Gasteiger partial charge in [0.1, 0.15) is 0 Å². The fourth-order valence-corrected chi connectivity index (χ4v) is 2.65. The summed E-state index contributed by atoms with van der Waals surface area (Å²) >= 11 is 0. The molecule has 2 aromatic rings. The Balaban J connectivity index is 1.70. The first-order valence-electron chi connectivity index (χ1n) is 7.21. The minimum Gasteiger partial charge on any atom is -0.501 e. The molecule has 23 heavy (non-hydrogen) atoms. The van der Waals surface area contributed by atoms with Crippen molar-refractivity contribution in [3.63, 3.8) is 0 Å². The van der Waals surface area contributed by atoms with E-state index >= 15 is 0 Å². The molecule has 8 heteroatoms. The van der Waals surface area contributed by atoms with Crippen LogP contribution in [-0.2, 0) is 0 Å². The van der Waals surface area contributed by atoms with Gasteiger partial charge in [-0.05, 0) is 18.6 Å². The van der Waals surface area contributed by atoms with Crippen LogP contribution in [0.4, 0.5) is 5.69 Å². The van der Waals surface area contributed by atoms with Crippen molar-refractivity contribution >= 4 is 11.6 Å². The standard InChI is InChI=1S/C15H16N4O4/c20-12-11(17-15(23)18-14(12)22)13(21)16-9-6-7-19(8-9)10-4-2-1-3-5-10/h1-5,9,20H,6-8H2,(H,16,21)(H2,17,18,22,23)/t9-/m0/s1. The van der Waals surface area contributed by atoms with E-state index in [1.807, 2.05) is 35.3 Å². The molecule has 1 atom stereocenters. The molecule has 0 unspecified atom stereocenters. The fraction of sp³-hybridized carbons (Fsp3) is 0.267. The van der Waals surface area contributed by atoms with Gasteiger partial charge < -0.3 is 15.3 Å². The van der Waals surface area contributed by atoms with Crippen LogP contribution in [0.1, 0.15) is 16.9 Å². The summed E-state index contributed by atoms with van der Waals surface area (Å²) in [6.07, 6.45) is 0.731. The molecule has 0 spiro atoms. The smallest absolute Gasteiger partial charge is 0.326 e. The van der Waals surface area contributed by atoms with Gasteiger partial charge in [0.05, 0.1) is 0 Å². The van der Waals surface area contributed by atoms with Crippen molar-refractivity contribution in [2.45, 2.75) is 12.5 Å². The van der Waals surface area contributed by atoms with Crippen LogP contribution in [0.3, 0.4) is 0 Å². The molecule has 1 fully saturated rings. The zero-order chi connectivity index (χ0) is 16.4. The number of aromatic amines is 2. The number of amides is 1. The van der Waals surface area contributed by atoms with Crippen molar-refractivity contribution in [2.24, 2.45) is 0 Å². The Morgan fingerprint density at radius 3 is 2.70 bits per heavy atom. The van der Waals surface area contributed by atoms with Crippen LogP contribution >= 0.6 is 0 Å². The summed E-state index contributed by atoms with van der Waals surface area (Å²) in [4.78, 5) is 40.8. The highest BCUT2D eigenvalue weighted by Gasteiger charge is 2.26. The Labute approximate surface area is 130 Å². The quantitative estimate of drug-likeness (QED) is 0.624. The number of anilines is 1. The van der Waals surface area contributed by atoms with Crippen LogP contribution in [0.25, 0.3) is 0 Å². The van der Waals surface area contributed by atoms with Crippen LogP contribution in [0.2, 0.25) is 0 Å². The normalized spacial score (nSPS) is 17.2. The van der Waals surface area contributed by atoms with E-state index in [1.165, 1.54) is 0 Å². The summed E-state index contributed by atoms with van der Waals surface area (Å²) in [5.74, 6) is -1.47. The van der Waals surface area contributed by atoms with E-state index in [0.717, 1.165) is 18.7 Å². The number of hydrogen-bond donors (Lipinski definition) is 4. The number of hydrogen-bond acceptors (Lipinski definition) is 5. The molecular weight excluding hydrogens is 300 g/mol. The second-order valence-corrected chi connectivity index (χ2v) is 5.37. The van der Waals surface area contributed by atoms with Gasteiger partial charge in [0.25, 0.3) is 11.5 Å². The molecule has 0 saturated carbocycles. The van der Waals surface area contributed by atoms with Gasteiger partial charge in [0.15, 0.2) is 5.69 Å². The van der Waals surface area contributed by atoms with Crippen LogP contribution in [0, 0.1) is 0 Å². The van der Waals surface area contributed by atoms with Crippen LogP contribution in [0.15, 0.2) is 39.9 Å². The average Bonchev–Trinajstić information content (AvgIpc) is 3.00. The molecule has 8 nitrogen and oxygen atoms in total. The minimum atomic E-state index is -0.990. The first-order valence-corrected chi connectivity index (χ1v) is 7.21. The largest absolute Gasteiger partial charge is 0.501 e. The van der Waals surface area contributed by atoms with Crippen molar-refractivity contribution in [3.05, 3.63) is 56.9 Å². The Morgan fingerprint density at radius 2 is 1.96 bits per heavy atom. The third-order valence-corrected chi connectivity index (χ3v) is 3.79. The number of rotatable bonds is 3. The Bertz CT molecular complexity index is 827. The van der Waals surface area contributed by atoms with Gasteiger partial charge in [0.2, 0.25) is 5.75 Å². The summed E-state index contributed by atoms with van der Waals surface area (Å²) in [7, 11) is 0. The lowest BCUT2D eigenvalue weighted by Crippen LogP contribution is -2.39. The first kappa shape index (κ1) is 14.9. The maximum Gasteiger partial charge on any atom is 0.326 e. The number of nitrogens with one attached hydrogen (secondary N) is 3. The highest BCUT2D eigenvalue weighted by molar-refractivity contribution is 5.94. The Hall–Kier alpha value is -3.03. The Kier molecular flexibility index (Phi) is 3.88. The Morgan fingerprint density at radius 1 is 1.22 bits per heavy atom. The molecule has 1 aliphatic heterocycles. The van der Waals surface area contributed by atoms with Crippen LogP contribution in [0.5, 0.6) is 5.75 Å². The molecule has 0 aliphatic carbocycles. The SMILES string of the molecule is O=C(N[C@H]1CCN(c2ccccc2)C1)c1[nH]c(=O)[nH]c(=O)c1O. The predicted octanol–water partition coefficient (Wildman–Crippen LogP) is -0.222. The number of H-pyrrole nitrogens is 2. The van der Waals surface area contributed by atoms with Gasteiger partial charge in [-0.15, -0.1) is 0 Å². The number of aromatic nitrogens is 2. The summed E-state index contributed by atoms with van der Waals surface area (Å²) in [6, 6.07) is 9.67. The number of para-hydroxylation sites is 1. The van der Waals surface area contributed by atoms with Gasteiger partial charge in [0, 0.05) is 24.8 Å². The zero-order valence-corrected chi connectivity index (χ0v) is 12.2. The van der Waals surface area contributed by atoms with E-state index < -0.39 is 28.6 Å². The summed E-state index contributed by atoms with van der Waals surface area (Å²) in [6.45, 7) is 1.40. The third-order valence-electron chi connectivity index (χ3n) is 3.79. The van der Waals surface area contributed by atoms with E-state index in [1.54, 1.807) is 0 Å². The zero-order valence-electron chi connectivity index (χ0n) is 12.2. The molecule has 1 amide bonds. The number of benzene rings is 1. The molecule has 1 aromatic heterocycles. The average molecular weight is 316 g/mol. The molecular formula is C15H16N4O4. The van der Waals surface area contributed by atoms with Crippen molar-refractivity contribution in [2.75, 3.05) is 18.0 Å². The fourth-order valence-electron chi connectivity index (χ4n) is 2.65. The molecule has 120 valence electrons. The van der Waals surface area contributed by atoms with Crippen molar-refractivity contribution in [1.29, 1.82) is 0 Å². The number of aromatic hydroxyl groups is 1. The van der Waals surface area contributed by atoms with Crippen LogP contribution < -0.4 is 21.5 Å². The monoisotopic (exact) mass is 316 g/mol. The second kappa shape index (κ2) is 5.99. The van der Waals surface area contributed by atoms with E-state index in [-0.39, 0.29) is 6.04 Å². The molecule has 2 heterocycles. The van der Waals surface area contributed by atoms with E-state index in [4.69, 9.17) is 0 Å². The number of nitrogens with zero attached hydrogens (tertiary/aromatic N) is 1. The molecule has 0 radical (unpaired) electrons. The summed E-state index contributed by atoms with van der Waals surface area (Å²) in [5, 5.41) is 12.3. The number of carbonyl (C=O) groups is 1. The molecule has 1 aromatic carbocycles. The summed E-state index contributed by atoms with van der Waals surface area (Å²) in [5.41, 5.74) is -1.18. The highest BCUT2D eigenvalue weighted by atomic mass is 16.3. The first-order chi connectivity index (χ1) is 11.0. The van der Waals surface area contributed by atoms with Crippen molar-refractivity contribution in [3.8, 4) is 5.75 Å².